The van der Waals surface area contributed by atoms with Crippen molar-refractivity contribution in [1.82, 2.24) is 9.55 Å². The number of aliphatic carboxylic acids is 1. The molecule has 24 heavy (non-hydrogen) atoms. The van der Waals surface area contributed by atoms with Gasteiger partial charge in [-0.25, -0.2) is 4.98 Å². The van der Waals surface area contributed by atoms with Crippen molar-refractivity contribution in [3.8, 4) is 0 Å². The van der Waals surface area contributed by atoms with E-state index in [1.54, 1.807) is 6.92 Å². The van der Waals surface area contributed by atoms with Crippen LogP contribution in [0.15, 0.2) is 23.1 Å². The van der Waals surface area contributed by atoms with Gasteiger partial charge in [0.15, 0.2) is 0 Å². The molecule has 1 atom stereocenters. The summed E-state index contributed by atoms with van der Waals surface area (Å²) in [5.74, 6) is 1.16. The molecule has 0 saturated heterocycles. The van der Waals surface area contributed by atoms with Crippen LogP contribution in [-0.4, -0.2) is 25.9 Å². The summed E-state index contributed by atoms with van der Waals surface area (Å²) in [5, 5.41) is 8.64. The first kappa shape index (κ1) is 17.3. The van der Waals surface area contributed by atoms with Gasteiger partial charge in [0.2, 0.25) is 0 Å². The Morgan fingerprint density at radius 3 is 2.71 bits per heavy atom. The average molecular weight is 346 g/mol. The fraction of sp³-hybridized carbons (Fsp3) is 0.579. The summed E-state index contributed by atoms with van der Waals surface area (Å²) in [7, 11) is 0. The molecule has 5 heteroatoms. The first-order valence-electron chi connectivity index (χ1n) is 8.61. The summed E-state index contributed by atoms with van der Waals surface area (Å²) in [4.78, 5) is 16.9. The van der Waals surface area contributed by atoms with E-state index in [9.17, 15) is 4.79 Å². The second-order valence-corrected chi connectivity index (χ2v) is 9.48. The number of carbonyl (C=O) groups is 1. The van der Waals surface area contributed by atoms with Gasteiger partial charge >= 0.3 is 5.97 Å². The maximum absolute atomic E-state index is 11.1. The SMILES string of the molecule is CC(Sc1ccc2c(c1)nc(CC(C)(C)C)n2CC1CC1)C(=O)O. The Morgan fingerprint density at radius 2 is 2.12 bits per heavy atom. The van der Waals surface area contributed by atoms with Gasteiger partial charge in [-0.3, -0.25) is 4.79 Å². The lowest BCUT2D eigenvalue weighted by atomic mass is 9.92. The van der Waals surface area contributed by atoms with Gasteiger partial charge in [0.1, 0.15) is 11.1 Å². The maximum Gasteiger partial charge on any atom is 0.316 e. The van der Waals surface area contributed by atoms with Crippen LogP contribution in [0.3, 0.4) is 0 Å². The van der Waals surface area contributed by atoms with Crippen LogP contribution in [-0.2, 0) is 17.8 Å². The van der Waals surface area contributed by atoms with E-state index in [4.69, 9.17) is 10.1 Å². The zero-order valence-corrected chi connectivity index (χ0v) is 15.7. The predicted molar refractivity (Wildman–Crippen MR) is 98.6 cm³/mol. The van der Waals surface area contributed by atoms with Gasteiger partial charge in [-0.15, -0.1) is 11.8 Å². The van der Waals surface area contributed by atoms with E-state index < -0.39 is 11.2 Å². The fourth-order valence-electron chi connectivity index (χ4n) is 2.86. The van der Waals surface area contributed by atoms with Crippen LogP contribution in [0.2, 0.25) is 0 Å². The van der Waals surface area contributed by atoms with Crippen LogP contribution >= 0.6 is 11.8 Å². The molecule has 0 radical (unpaired) electrons. The quantitative estimate of drug-likeness (QED) is 0.777. The number of hydrogen-bond donors (Lipinski definition) is 1. The zero-order valence-electron chi connectivity index (χ0n) is 14.9. The topological polar surface area (TPSA) is 55.1 Å². The Bertz CT molecular complexity index is 757. The molecule has 1 aromatic carbocycles. The lowest BCUT2D eigenvalue weighted by Crippen LogP contribution is -2.15. The highest BCUT2D eigenvalue weighted by atomic mass is 32.2. The number of aromatic nitrogens is 2. The van der Waals surface area contributed by atoms with Gasteiger partial charge in [0, 0.05) is 17.9 Å². The number of thioether (sulfide) groups is 1. The summed E-state index contributed by atoms with van der Waals surface area (Å²) < 4.78 is 2.38. The van der Waals surface area contributed by atoms with E-state index in [1.807, 2.05) is 12.1 Å². The molecule has 0 bridgehead atoms. The normalized spacial score (nSPS) is 16.5. The Kier molecular flexibility index (Phi) is 4.65. The van der Waals surface area contributed by atoms with Crippen molar-refractivity contribution >= 4 is 28.8 Å². The lowest BCUT2D eigenvalue weighted by molar-refractivity contribution is -0.136. The Labute approximate surface area is 147 Å². The summed E-state index contributed by atoms with van der Waals surface area (Å²) in [5.41, 5.74) is 2.35. The van der Waals surface area contributed by atoms with Gasteiger partial charge in [0.25, 0.3) is 0 Å². The molecular formula is C19H26N2O2S. The first-order chi connectivity index (χ1) is 11.2. The number of carboxylic acid groups (broad SMARTS) is 1. The molecule has 0 amide bonds. The number of carboxylic acids is 1. The monoisotopic (exact) mass is 346 g/mol. The van der Waals surface area contributed by atoms with Gasteiger partial charge < -0.3 is 9.67 Å². The minimum atomic E-state index is -0.784. The molecule has 1 unspecified atom stereocenters. The van der Waals surface area contributed by atoms with E-state index in [0.717, 1.165) is 35.1 Å². The highest BCUT2D eigenvalue weighted by Gasteiger charge is 2.26. The van der Waals surface area contributed by atoms with E-state index in [2.05, 4.69) is 31.4 Å². The molecule has 1 saturated carbocycles. The third kappa shape index (κ3) is 4.12. The third-order valence-corrected chi connectivity index (χ3v) is 5.37. The van der Waals surface area contributed by atoms with Crippen LogP contribution in [0.4, 0.5) is 0 Å². The number of imidazole rings is 1. The largest absolute Gasteiger partial charge is 0.480 e. The number of nitrogens with zero attached hydrogens (tertiary/aromatic N) is 2. The van der Waals surface area contributed by atoms with E-state index in [-0.39, 0.29) is 5.41 Å². The van der Waals surface area contributed by atoms with Crippen LogP contribution in [0, 0.1) is 11.3 Å². The molecule has 0 spiro atoms. The number of benzene rings is 1. The number of rotatable bonds is 6. The maximum atomic E-state index is 11.1. The summed E-state index contributed by atoms with van der Waals surface area (Å²) in [6.45, 7) is 9.49. The molecule has 1 aliphatic carbocycles. The van der Waals surface area contributed by atoms with Crippen molar-refractivity contribution in [3.63, 3.8) is 0 Å². The molecule has 1 N–H and O–H groups in total. The first-order valence-corrected chi connectivity index (χ1v) is 9.49. The van der Waals surface area contributed by atoms with Gasteiger partial charge in [-0.2, -0.15) is 0 Å². The standard InChI is InChI=1S/C19H26N2O2S/c1-12(18(22)23)24-14-7-8-16-15(9-14)20-17(10-19(2,3)4)21(16)11-13-5-6-13/h7-9,12-13H,5-6,10-11H2,1-4H3,(H,22,23). The molecule has 1 aliphatic rings. The molecule has 1 fully saturated rings. The molecule has 2 aromatic rings. The van der Waals surface area contributed by atoms with Crippen LogP contribution in [0.5, 0.6) is 0 Å². The predicted octanol–water partition coefficient (Wildman–Crippen LogP) is 4.60. The van der Waals surface area contributed by atoms with Crippen LogP contribution in [0.25, 0.3) is 11.0 Å². The molecule has 3 rings (SSSR count). The fourth-order valence-corrected chi connectivity index (χ4v) is 3.69. The van der Waals surface area contributed by atoms with E-state index in [0.29, 0.717) is 0 Å². The highest BCUT2D eigenvalue weighted by molar-refractivity contribution is 8.00. The summed E-state index contributed by atoms with van der Waals surface area (Å²) in [6, 6.07) is 6.17. The lowest BCUT2D eigenvalue weighted by Gasteiger charge is -2.18. The Balaban J connectivity index is 1.95. The van der Waals surface area contributed by atoms with Gasteiger partial charge in [-0.1, -0.05) is 20.8 Å². The van der Waals surface area contributed by atoms with Crippen molar-refractivity contribution in [3.05, 3.63) is 24.0 Å². The van der Waals surface area contributed by atoms with E-state index >= 15 is 0 Å². The number of fused-ring (bicyclic) bond motifs is 1. The molecule has 1 heterocycles. The van der Waals surface area contributed by atoms with Gasteiger partial charge in [-0.05, 0) is 49.3 Å². The minimum Gasteiger partial charge on any atom is -0.480 e. The number of hydrogen-bond acceptors (Lipinski definition) is 3. The van der Waals surface area contributed by atoms with Gasteiger partial charge in [0.05, 0.1) is 11.0 Å². The second kappa shape index (κ2) is 6.43. The van der Waals surface area contributed by atoms with Crippen molar-refractivity contribution in [2.45, 2.75) is 63.6 Å². The third-order valence-electron chi connectivity index (χ3n) is 4.29. The van der Waals surface area contributed by atoms with Crippen LogP contribution < -0.4 is 0 Å². The molecular weight excluding hydrogens is 320 g/mol. The smallest absolute Gasteiger partial charge is 0.316 e. The average Bonchev–Trinajstić information content (AvgIpc) is 3.21. The molecule has 4 nitrogen and oxygen atoms in total. The zero-order chi connectivity index (χ0) is 17.5. The van der Waals surface area contributed by atoms with Crippen LogP contribution in [0.1, 0.15) is 46.4 Å². The van der Waals surface area contributed by atoms with E-state index in [1.165, 1.54) is 30.1 Å². The molecule has 0 aliphatic heterocycles. The molecule has 130 valence electrons. The molecule has 1 aromatic heterocycles. The van der Waals surface area contributed by atoms with Crippen molar-refractivity contribution in [1.29, 1.82) is 0 Å². The minimum absolute atomic E-state index is 0.193. The van der Waals surface area contributed by atoms with Crippen molar-refractivity contribution in [2.24, 2.45) is 11.3 Å². The van der Waals surface area contributed by atoms with Crippen molar-refractivity contribution in [2.75, 3.05) is 0 Å². The second-order valence-electron chi connectivity index (χ2n) is 8.07. The highest BCUT2D eigenvalue weighted by Crippen LogP contribution is 2.34. The summed E-state index contributed by atoms with van der Waals surface area (Å²) in [6.07, 6.45) is 3.58. The summed E-state index contributed by atoms with van der Waals surface area (Å²) >= 11 is 1.37. The Hall–Kier alpha value is -1.49. The van der Waals surface area contributed by atoms with Crippen molar-refractivity contribution < 1.29 is 9.90 Å². The Morgan fingerprint density at radius 1 is 1.42 bits per heavy atom.